The van der Waals surface area contributed by atoms with E-state index in [2.05, 4.69) is 4.98 Å². The fraction of sp³-hybridized carbons (Fsp3) is 0.433. The van der Waals surface area contributed by atoms with Crippen LogP contribution in [0.1, 0.15) is 50.1 Å². The van der Waals surface area contributed by atoms with Crippen molar-refractivity contribution in [3.63, 3.8) is 0 Å². The summed E-state index contributed by atoms with van der Waals surface area (Å²) in [6.07, 6.45) is -5.54. The van der Waals surface area contributed by atoms with Crippen LogP contribution in [-0.2, 0) is 28.8 Å². The van der Waals surface area contributed by atoms with Gasteiger partial charge in [0.25, 0.3) is 0 Å². The molecule has 40 heavy (non-hydrogen) atoms. The van der Waals surface area contributed by atoms with Gasteiger partial charge in [-0.1, -0.05) is 24.3 Å². The number of hydrogen-bond donors (Lipinski definition) is 0. The van der Waals surface area contributed by atoms with Crippen LogP contribution in [0.5, 0.6) is 11.5 Å². The molecule has 0 aliphatic carbocycles. The Balaban J connectivity index is 1.79. The molecule has 2 aromatic carbocycles. The lowest BCUT2D eigenvalue weighted by molar-refractivity contribution is -0.127. The summed E-state index contributed by atoms with van der Waals surface area (Å²) in [6, 6.07) is 17.0. The van der Waals surface area contributed by atoms with E-state index in [9.17, 15) is 13.2 Å². The average Bonchev–Trinajstić information content (AvgIpc) is 3.11. The summed E-state index contributed by atoms with van der Waals surface area (Å²) in [5, 5.41) is 0. The Kier molecular flexibility index (Phi) is 8.42. The Morgan fingerprint density at radius 3 is 1.68 bits per heavy atom. The second-order valence-corrected chi connectivity index (χ2v) is 11.1. The van der Waals surface area contributed by atoms with Crippen molar-refractivity contribution in [3.8, 4) is 11.5 Å². The first-order valence-electron chi connectivity index (χ1n) is 13.1. The number of aromatic nitrogens is 1. The van der Waals surface area contributed by atoms with Crippen LogP contribution in [0.15, 0.2) is 54.6 Å². The lowest BCUT2D eigenvalue weighted by atomic mass is 9.75. The number of methoxy groups -OCH3 is 2. The molecular weight excluding hydrogens is 520 g/mol. The van der Waals surface area contributed by atoms with Crippen LogP contribution >= 0.6 is 0 Å². The maximum absolute atomic E-state index is 13.7. The molecule has 1 fully saturated rings. The van der Waals surface area contributed by atoms with Gasteiger partial charge in [0.2, 0.25) is 0 Å². The highest BCUT2D eigenvalue weighted by Gasteiger charge is 2.53. The van der Waals surface area contributed by atoms with Crippen molar-refractivity contribution in [2.75, 3.05) is 19.1 Å². The summed E-state index contributed by atoms with van der Waals surface area (Å²) in [6.45, 7) is 10.1. The minimum Gasteiger partial charge on any atom is -0.497 e. The minimum atomic E-state index is -4.42. The monoisotopic (exact) mass is 556 g/mol. The molecule has 1 aliphatic heterocycles. The van der Waals surface area contributed by atoms with E-state index >= 15 is 0 Å². The topological polar surface area (TPSA) is 53.1 Å². The minimum absolute atomic E-state index is 0.0728. The standard InChI is InChI=1S/C30H36BF3N2O4/c1-20-25(17-30(32,33)34)26(31-39-28(2,3)29(4,5)40-31)16-27(35-20)36(18-21-8-12-23(37-6)13-9-21)19-22-10-14-24(38-7)15-11-22/h8-16H,17-19H2,1-7H3. The second kappa shape index (κ2) is 11.3. The van der Waals surface area contributed by atoms with Gasteiger partial charge in [0.05, 0.1) is 31.8 Å². The molecule has 2 heterocycles. The van der Waals surface area contributed by atoms with E-state index in [1.54, 1.807) is 27.2 Å². The van der Waals surface area contributed by atoms with Crippen molar-refractivity contribution in [1.82, 2.24) is 4.98 Å². The molecule has 0 saturated carbocycles. The lowest BCUT2D eigenvalue weighted by Gasteiger charge is -2.32. The van der Waals surface area contributed by atoms with Crippen LogP contribution in [-0.4, -0.2) is 43.7 Å². The number of halogens is 3. The molecule has 1 aliphatic rings. The molecule has 1 aromatic heterocycles. The van der Waals surface area contributed by atoms with E-state index in [-0.39, 0.29) is 11.3 Å². The first-order chi connectivity index (χ1) is 18.7. The van der Waals surface area contributed by atoms with Crippen LogP contribution in [0.2, 0.25) is 0 Å². The van der Waals surface area contributed by atoms with Crippen LogP contribution in [0.25, 0.3) is 0 Å². The Bertz CT molecular complexity index is 1250. The molecule has 6 nitrogen and oxygen atoms in total. The van der Waals surface area contributed by atoms with Crippen molar-refractivity contribution in [3.05, 3.63) is 77.0 Å². The van der Waals surface area contributed by atoms with E-state index in [1.807, 2.05) is 81.1 Å². The molecule has 10 heteroatoms. The van der Waals surface area contributed by atoms with Crippen LogP contribution in [0.4, 0.5) is 19.0 Å². The highest BCUT2D eigenvalue weighted by atomic mass is 19.4. The summed E-state index contributed by atoms with van der Waals surface area (Å²) in [4.78, 5) is 6.72. The number of nitrogens with zero attached hydrogens (tertiary/aromatic N) is 2. The Morgan fingerprint density at radius 2 is 1.27 bits per heavy atom. The quantitative estimate of drug-likeness (QED) is 0.301. The number of rotatable bonds is 9. The molecule has 0 amide bonds. The highest BCUT2D eigenvalue weighted by Crippen LogP contribution is 2.37. The average molecular weight is 556 g/mol. The van der Waals surface area contributed by atoms with Crippen molar-refractivity contribution >= 4 is 18.4 Å². The van der Waals surface area contributed by atoms with Gasteiger partial charge in [-0.05, 0) is 87.1 Å². The third kappa shape index (κ3) is 6.73. The third-order valence-electron chi connectivity index (χ3n) is 7.63. The molecule has 1 saturated heterocycles. The van der Waals surface area contributed by atoms with Crippen LogP contribution < -0.4 is 19.8 Å². The summed E-state index contributed by atoms with van der Waals surface area (Å²) < 4.78 is 64.2. The molecule has 214 valence electrons. The maximum Gasteiger partial charge on any atom is 0.495 e. The van der Waals surface area contributed by atoms with Crippen molar-refractivity contribution in [1.29, 1.82) is 0 Å². The van der Waals surface area contributed by atoms with Gasteiger partial charge in [0, 0.05) is 18.8 Å². The highest BCUT2D eigenvalue weighted by molar-refractivity contribution is 6.62. The zero-order chi connectivity index (χ0) is 29.3. The predicted molar refractivity (Wildman–Crippen MR) is 150 cm³/mol. The van der Waals surface area contributed by atoms with Gasteiger partial charge in [-0.3, -0.25) is 0 Å². The second-order valence-electron chi connectivity index (χ2n) is 11.1. The molecular formula is C30H36BF3N2O4. The molecule has 3 aromatic rings. The summed E-state index contributed by atoms with van der Waals surface area (Å²) in [7, 11) is 2.25. The maximum atomic E-state index is 13.7. The fourth-order valence-electron chi connectivity index (χ4n) is 4.60. The number of pyridine rings is 1. The number of ether oxygens (including phenoxy) is 2. The number of anilines is 1. The zero-order valence-electron chi connectivity index (χ0n) is 24.1. The molecule has 0 bridgehead atoms. The first kappa shape index (κ1) is 29.7. The van der Waals surface area contributed by atoms with Crippen LogP contribution in [0, 0.1) is 6.92 Å². The smallest absolute Gasteiger partial charge is 0.495 e. The van der Waals surface area contributed by atoms with E-state index in [1.165, 1.54) is 0 Å². The zero-order valence-corrected chi connectivity index (χ0v) is 24.1. The van der Waals surface area contributed by atoms with Crippen molar-refractivity contribution < 1.29 is 32.0 Å². The molecule has 0 unspecified atom stereocenters. The number of aryl methyl sites for hydroxylation is 1. The van der Waals surface area contributed by atoms with E-state index in [0.717, 1.165) is 22.6 Å². The number of hydrogen-bond acceptors (Lipinski definition) is 6. The molecule has 0 spiro atoms. The summed E-state index contributed by atoms with van der Waals surface area (Å²) in [5.74, 6) is 2.00. The number of alkyl halides is 3. The first-order valence-corrected chi connectivity index (χ1v) is 13.1. The predicted octanol–water partition coefficient (Wildman–Crippen LogP) is 6.02. The van der Waals surface area contributed by atoms with Crippen LogP contribution in [0.3, 0.4) is 0 Å². The fourth-order valence-corrected chi connectivity index (χ4v) is 4.60. The number of benzene rings is 2. The van der Waals surface area contributed by atoms with Gasteiger partial charge in [0.1, 0.15) is 17.3 Å². The molecule has 4 rings (SSSR count). The largest absolute Gasteiger partial charge is 0.497 e. The van der Waals surface area contributed by atoms with Gasteiger partial charge >= 0.3 is 13.3 Å². The summed E-state index contributed by atoms with van der Waals surface area (Å²) in [5.41, 5.74) is 1.26. The lowest BCUT2D eigenvalue weighted by Crippen LogP contribution is -2.41. The normalized spacial score (nSPS) is 16.2. The molecule has 0 radical (unpaired) electrons. The SMILES string of the molecule is COc1ccc(CN(Cc2ccc(OC)cc2)c2cc(B3OC(C)(C)C(C)(C)O3)c(CC(F)(F)F)c(C)n2)cc1. The van der Waals surface area contributed by atoms with Gasteiger partial charge in [0.15, 0.2) is 0 Å². The Labute approximate surface area is 234 Å². The molecule has 0 atom stereocenters. The van der Waals surface area contributed by atoms with Gasteiger partial charge in [-0.15, -0.1) is 0 Å². The van der Waals surface area contributed by atoms with Gasteiger partial charge in [-0.2, -0.15) is 13.2 Å². The van der Waals surface area contributed by atoms with Crippen molar-refractivity contribution in [2.24, 2.45) is 0 Å². The molecule has 0 N–H and O–H groups in total. The van der Waals surface area contributed by atoms with E-state index < -0.39 is 30.9 Å². The Hall–Kier alpha value is -3.24. The summed E-state index contributed by atoms with van der Waals surface area (Å²) >= 11 is 0. The van der Waals surface area contributed by atoms with Gasteiger partial charge in [-0.25, -0.2) is 4.98 Å². The third-order valence-corrected chi connectivity index (χ3v) is 7.63. The van der Waals surface area contributed by atoms with Crippen molar-refractivity contribution in [2.45, 2.75) is 71.5 Å². The van der Waals surface area contributed by atoms with E-state index in [0.29, 0.717) is 24.4 Å². The van der Waals surface area contributed by atoms with Gasteiger partial charge < -0.3 is 23.7 Å². The van der Waals surface area contributed by atoms with E-state index in [4.69, 9.17) is 18.8 Å². The Morgan fingerprint density at radius 1 is 0.825 bits per heavy atom.